The molecule has 2 aromatic carbocycles. The van der Waals surface area contributed by atoms with Crippen LogP contribution in [0.4, 0.5) is 5.69 Å². The summed E-state index contributed by atoms with van der Waals surface area (Å²) in [4.78, 5) is 27.3. The maximum absolute atomic E-state index is 13.2. The smallest absolute Gasteiger partial charge is 0.408 e. The molecule has 0 saturated carbocycles. The van der Waals surface area contributed by atoms with Gasteiger partial charge in [0.15, 0.2) is 5.58 Å². The summed E-state index contributed by atoms with van der Waals surface area (Å²) in [6.07, 6.45) is 2.63. The van der Waals surface area contributed by atoms with Crippen LogP contribution in [0, 0.1) is 0 Å². The van der Waals surface area contributed by atoms with E-state index in [1.54, 1.807) is 30.3 Å². The normalized spacial score (nSPS) is 15.2. The highest BCUT2D eigenvalue weighted by Crippen LogP contribution is 2.25. The number of benzene rings is 2. The van der Waals surface area contributed by atoms with Crippen LogP contribution >= 0.6 is 0 Å². The van der Waals surface area contributed by atoms with E-state index in [2.05, 4.69) is 5.32 Å². The lowest BCUT2D eigenvalue weighted by atomic mass is 10.2. The molecule has 0 bridgehead atoms. The molecule has 0 unspecified atom stereocenters. The van der Waals surface area contributed by atoms with E-state index < -0.39 is 21.7 Å². The van der Waals surface area contributed by atoms with Gasteiger partial charge in [0.1, 0.15) is 0 Å². The summed E-state index contributed by atoms with van der Waals surface area (Å²) in [5, 5.41) is 2.78. The fourth-order valence-corrected chi connectivity index (χ4v) is 5.68. The third-order valence-electron chi connectivity index (χ3n) is 5.76. The van der Waals surface area contributed by atoms with E-state index in [1.165, 1.54) is 21.0 Å². The summed E-state index contributed by atoms with van der Waals surface area (Å²) in [6.45, 7) is 2.00. The summed E-state index contributed by atoms with van der Waals surface area (Å²) in [7, 11) is 0.0460. The molecule has 1 amide bonds. The Morgan fingerprint density at radius 1 is 1.09 bits per heavy atom. The molecule has 33 heavy (non-hydrogen) atoms. The van der Waals surface area contributed by atoms with E-state index >= 15 is 0 Å². The molecule has 1 aromatic heterocycles. The SMILES string of the molecule is CN(C)CCn1c(=O)oc2ccc(NC(=O)c3ccccc3S(=O)(=O)N3CCCCC3)cc21. The number of fused-ring (bicyclic) bond motifs is 1. The van der Waals surface area contributed by atoms with Gasteiger partial charge in [-0.05, 0) is 57.3 Å². The Morgan fingerprint density at radius 3 is 2.55 bits per heavy atom. The monoisotopic (exact) mass is 472 g/mol. The first-order chi connectivity index (χ1) is 15.8. The largest absolute Gasteiger partial charge is 0.419 e. The van der Waals surface area contributed by atoms with E-state index in [4.69, 9.17) is 4.42 Å². The van der Waals surface area contributed by atoms with Crippen LogP contribution in [0.15, 0.2) is 56.6 Å². The van der Waals surface area contributed by atoms with Gasteiger partial charge < -0.3 is 14.6 Å². The number of carbonyl (C=O) groups is 1. The number of likely N-dealkylation sites (N-methyl/N-ethyl adjacent to an activating group) is 1. The highest BCUT2D eigenvalue weighted by atomic mass is 32.2. The minimum Gasteiger partial charge on any atom is -0.408 e. The zero-order valence-corrected chi connectivity index (χ0v) is 19.6. The van der Waals surface area contributed by atoms with Crippen molar-refractivity contribution in [3.63, 3.8) is 0 Å². The maximum Gasteiger partial charge on any atom is 0.419 e. The van der Waals surface area contributed by atoms with Gasteiger partial charge in [0.25, 0.3) is 5.91 Å². The molecule has 1 N–H and O–H groups in total. The van der Waals surface area contributed by atoms with E-state index in [-0.39, 0.29) is 10.5 Å². The number of sulfonamides is 1. The summed E-state index contributed by atoms with van der Waals surface area (Å²) < 4.78 is 34.7. The molecule has 3 aromatic rings. The fraction of sp³-hybridized carbons (Fsp3) is 0.391. The van der Waals surface area contributed by atoms with Crippen molar-refractivity contribution in [1.29, 1.82) is 0 Å². The van der Waals surface area contributed by atoms with Crippen LogP contribution in [0.2, 0.25) is 0 Å². The number of amides is 1. The van der Waals surface area contributed by atoms with Gasteiger partial charge in [0, 0.05) is 31.9 Å². The van der Waals surface area contributed by atoms with E-state index in [1.807, 2.05) is 19.0 Å². The molecule has 1 fully saturated rings. The van der Waals surface area contributed by atoms with Crippen molar-refractivity contribution in [3.8, 4) is 0 Å². The zero-order valence-electron chi connectivity index (χ0n) is 18.8. The number of anilines is 1. The molecule has 9 nitrogen and oxygen atoms in total. The van der Waals surface area contributed by atoms with Crippen LogP contribution in [-0.4, -0.2) is 61.8 Å². The van der Waals surface area contributed by atoms with Gasteiger partial charge in [-0.2, -0.15) is 4.31 Å². The predicted molar refractivity (Wildman–Crippen MR) is 126 cm³/mol. The number of nitrogens with one attached hydrogen (secondary N) is 1. The van der Waals surface area contributed by atoms with Crippen molar-refractivity contribution in [2.75, 3.05) is 39.0 Å². The van der Waals surface area contributed by atoms with Crippen molar-refractivity contribution >= 4 is 32.7 Å². The second kappa shape index (κ2) is 9.50. The Labute approximate surface area is 192 Å². The number of carbonyl (C=O) groups excluding carboxylic acids is 1. The lowest BCUT2D eigenvalue weighted by molar-refractivity contribution is 0.102. The molecule has 176 valence electrons. The van der Waals surface area contributed by atoms with Crippen molar-refractivity contribution < 1.29 is 17.6 Å². The van der Waals surface area contributed by atoms with Crippen LogP contribution in [-0.2, 0) is 16.6 Å². The Kier molecular flexibility index (Phi) is 6.68. The van der Waals surface area contributed by atoms with Gasteiger partial charge in [-0.3, -0.25) is 9.36 Å². The average Bonchev–Trinajstić information content (AvgIpc) is 3.12. The Balaban J connectivity index is 1.63. The number of hydrogen-bond donors (Lipinski definition) is 1. The van der Waals surface area contributed by atoms with Crippen molar-refractivity contribution in [2.24, 2.45) is 0 Å². The average molecular weight is 473 g/mol. The molecule has 4 rings (SSSR count). The lowest BCUT2D eigenvalue weighted by Crippen LogP contribution is -2.36. The molecule has 1 aliphatic rings. The van der Waals surface area contributed by atoms with E-state index in [0.717, 1.165) is 19.3 Å². The summed E-state index contributed by atoms with van der Waals surface area (Å²) in [6, 6.07) is 11.1. The first kappa shape index (κ1) is 23.2. The summed E-state index contributed by atoms with van der Waals surface area (Å²) >= 11 is 0. The number of aromatic nitrogens is 1. The second-order valence-electron chi connectivity index (χ2n) is 8.42. The van der Waals surface area contributed by atoms with Gasteiger partial charge in [-0.15, -0.1) is 0 Å². The topological polar surface area (TPSA) is 105 Å². The molecule has 10 heteroatoms. The highest BCUT2D eigenvalue weighted by Gasteiger charge is 2.29. The van der Waals surface area contributed by atoms with Gasteiger partial charge >= 0.3 is 5.76 Å². The number of nitrogens with zero attached hydrogens (tertiary/aromatic N) is 3. The summed E-state index contributed by atoms with van der Waals surface area (Å²) in [5.41, 5.74) is 1.51. The Morgan fingerprint density at radius 2 is 1.82 bits per heavy atom. The highest BCUT2D eigenvalue weighted by molar-refractivity contribution is 7.89. The van der Waals surface area contributed by atoms with Crippen molar-refractivity contribution in [2.45, 2.75) is 30.7 Å². The van der Waals surface area contributed by atoms with Crippen LogP contribution in [0.25, 0.3) is 11.1 Å². The molecule has 0 radical (unpaired) electrons. The van der Waals surface area contributed by atoms with Crippen LogP contribution in [0.1, 0.15) is 29.6 Å². The fourth-order valence-electron chi connectivity index (χ4n) is 3.97. The Hall–Kier alpha value is -2.95. The van der Waals surface area contributed by atoms with Crippen LogP contribution in [0.5, 0.6) is 0 Å². The molecule has 0 spiro atoms. The molecular weight excluding hydrogens is 444 g/mol. The second-order valence-corrected chi connectivity index (χ2v) is 10.3. The molecular formula is C23H28N4O5S. The molecule has 1 aliphatic heterocycles. The van der Waals surface area contributed by atoms with E-state index in [9.17, 15) is 18.0 Å². The number of piperidine rings is 1. The standard InChI is InChI=1S/C23H28N4O5S/c1-25(2)14-15-27-19-16-17(10-11-20(19)32-23(27)29)24-22(28)18-8-4-5-9-21(18)33(30,31)26-12-6-3-7-13-26/h4-5,8-11,16H,3,6-7,12-15H2,1-2H3,(H,24,28). The predicted octanol–water partition coefficient (Wildman–Crippen LogP) is 2.58. The summed E-state index contributed by atoms with van der Waals surface area (Å²) in [5.74, 6) is -0.996. The van der Waals surface area contributed by atoms with Gasteiger partial charge in [0.2, 0.25) is 10.0 Å². The number of oxazole rings is 1. The van der Waals surface area contributed by atoms with Gasteiger partial charge in [0.05, 0.1) is 16.0 Å². The van der Waals surface area contributed by atoms with Gasteiger partial charge in [-0.1, -0.05) is 18.6 Å². The Bertz CT molecular complexity index is 1320. The van der Waals surface area contributed by atoms with Gasteiger partial charge in [-0.25, -0.2) is 13.2 Å². The first-order valence-corrected chi connectivity index (χ1v) is 12.4. The number of hydrogen-bond acceptors (Lipinski definition) is 6. The molecule has 0 atom stereocenters. The minimum absolute atomic E-state index is 0.00307. The zero-order chi connectivity index (χ0) is 23.6. The third-order valence-corrected chi connectivity index (χ3v) is 7.72. The number of rotatable bonds is 7. The van der Waals surface area contributed by atoms with Crippen molar-refractivity contribution in [1.82, 2.24) is 13.8 Å². The molecule has 1 saturated heterocycles. The minimum atomic E-state index is -3.78. The quantitative estimate of drug-likeness (QED) is 0.567. The lowest BCUT2D eigenvalue weighted by Gasteiger charge is -2.26. The maximum atomic E-state index is 13.2. The molecule has 2 heterocycles. The van der Waals surface area contributed by atoms with Crippen molar-refractivity contribution in [3.05, 3.63) is 58.6 Å². The first-order valence-electron chi connectivity index (χ1n) is 11.0. The molecule has 0 aliphatic carbocycles. The third kappa shape index (κ3) is 4.87. The van der Waals surface area contributed by atoms with Crippen LogP contribution < -0.4 is 11.1 Å². The van der Waals surface area contributed by atoms with E-state index in [0.29, 0.717) is 43.0 Å². The van der Waals surface area contributed by atoms with Crippen LogP contribution in [0.3, 0.4) is 0 Å².